The summed E-state index contributed by atoms with van der Waals surface area (Å²) in [6.45, 7) is 3.25. The van der Waals surface area contributed by atoms with Gasteiger partial charge in [-0.1, -0.05) is 12.1 Å². The van der Waals surface area contributed by atoms with Gasteiger partial charge in [-0.15, -0.1) is 0 Å². The number of carbonyl (C=O) groups excluding carboxylic acids is 1. The summed E-state index contributed by atoms with van der Waals surface area (Å²) in [7, 11) is 3.88. The summed E-state index contributed by atoms with van der Waals surface area (Å²) in [5.41, 5.74) is 2.41. The van der Waals surface area contributed by atoms with Gasteiger partial charge in [0.05, 0.1) is 17.8 Å². The first-order valence-electron chi connectivity index (χ1n) is 10.4. The first-order valence-corrected chi connectivity index (χ1v) is 10.4. The number of benzene rings is 1. The van der Waals surface area contributed by atoms with Crippen molar-refractivity contribution in [1.82, 2.24) is 14.9 Å². The van der Waals surface area contributed by atoms with Crippen LogP contribution in [0.15, 0.2) is 54.9 Å². The van der Waals surface area contributed by atoms with E-state index in [1.807, 2.05) is 56.3 Å². The van der Waals surface area contributed by atoms with Crippen molar-refractivity contribution in [1.29, 1.82) is 5.26 Å². The Hall–Kier alpha value is -3.76. The Morgan fingerprint density at radius 3 is 2.75 bits per heavy atom. The smallest absolute Gasteiger partial charge is 0.159 e. The molecule has 0 bridgehead atoms. The molecule has 0 aliphatic carbocycles. The lowest BCUT2D eigenvalue weighted by Crippen LogP contribution is -2.11. The van der Waals surface area contributed by atoms with Crippen LogP contribution in [0.5, 0.6) is 11.5 Å². The van der Waals surface area contributed by atoms with Crippen LogP contribution in [0.3, 0.4) is 0 Å². The molecule has 0 fully saturated rings. The number of aromatic nitrogens is 2. The SMILES string of the molecule is CCOc1cc2ncc(C#N)c(OCc3ccccn3)c2cc1CC(=O)/C=C/CN(C)C. The van der Waals surface area contributed by atoms with Crippen molar-refractivity contribution in [2.75, 3.05) is 27.2 Å². The topological polar surface area (TPSA) is 88.3 Å². The molecule has 0 N–H and O–H groups in total. The van der Waals surface area contributed by atoms with Crippen molar-refractivity contribution in [3.63, 3.8) is 0 Å². The molecule has 0 atom stereocenters. The summed E-state index contributed by atoms with van der Waals surface area (Å²) in [4.78, 5) is 23.2. The first kappa shape index (κ1) is 22.9. The summed E-state index contributed by atoms with van der Waals surface area (Å²) < 4.78 is 11.8. The number of rotatable bonds is 10. The molecule has 32 heavy (non-hydrogen) atoms. The normalized spacial score (nSPS) is 11.1. The van der Waals surface area contributed by atoms with Crippen LogP contribution in [0.2, 0.25) is 0 Å². The van der Waals surface area contributed by atoms with Crippen LogP contribution in [0.25, 0.3) is 10.9 Å². The number of ether oxygens (including phenoxy) is 2. The van der Waals surface area contributed by atoms with Crippen LogP contribution in [-0.4, -0.2) is 47.9 Å². The number of hydrogen-bond acceptors (Lipinski definition) is 7. The van der Waals surface area contributed by atoms with Gasteiger partial charge < -0.3 is 14.4 Å². The van der Waals surface area contributed by atoms with E-state index in [0.717, 1.165) is 11.3 Å². The molecule has 0 unspecified atom stereocenters. The highest BCUT2D eigenvalue weighted by Crippen LogP contribution is 2.34. The Morgan fingerprint density at radius 1 is 1.22 bits per heavy atom. The highest BCUT2D eigenvalue weighted by atomic mass is 16.5. The lowest BCUT2D eigenvalue weighted by molar-refractivity contribution is -0.114. The molecule has 0 saturated heterocycles. The maximum absolute atomic E-state index is 12.5. The fourth-order valence-electron chi connectivity index (χ4n) is 3.17. The van der Waals surface area contributed by atoms with E-state index in [9.17, 15) is 10.1 Å². The van der Waals surface area contributed by atoms with Gasteiger partial charge in [-0.2, -0.15) is 5.26 Å². The highest BCUT2D eigenvalue weighted by Gasteiger charge is 2.16. The lowest BCUT2D eigenvalue weighted by Gasteiger charge is -2.14. The third kappa shape index (κ3) is 5.90. The van der Waals surface area contributed by atoms with Gasteiger partial charge in [0.2, 0.25) is 0 Å². The molecule has 0 aliphatic rings. The summed E-state index contributed by atoms with van der Waals surface area (Å²) in [5, 5.41) is 10.2. The highest BCUT2D eigenvalue weighted by molar-refractivity contribution is 5.94. The minimum atomic E-state index is -0.0347. The van der Waals surface area contributed by atoms with E-state index in [1.54, 1.807) is 18.3 Å². The molecule has 0 radical (unpaired) electrons. The lowest BCUT2D eigenvalue weighted by atomic mass is 10.0. The molecular weight excluding hydrogens is 404 g/mol. The third-order valence-electron chi connectivity index (χ3n) is 4.65. The maximum Gasteiger partial charge on any atom is 0.159 e. The number of fused-ring (bicyclic) bond motifs is 1. The van der Waals surface area contributed by atoms with Crippen molar-refractivity contribution in [3.8, 4) is 17.6 Å². The van der Waals surface area contributed by atoms with Gasteiger partial charge in [0.1, 0.15) is 29.7 Å². The second-order valence-electron chi connectivity index (χ2n) is 7.44. The molecule has 2 heterocycles. The number of ketones is 1. The van der Waals surface area contributed by atoms with Crippen molar-refractivity contribution < 1.29 is 14.3 Å². The molecule has 164 valence electrons. The van der Waals surface area contributed by atoms with Gasteiger partial charge in [-0.3, -0.25) is 14.8 Å². The van der Waals surface area contributed by atoms with Crippen LogP contribution in [0, 0.1) is 11.3 Å². The molecule has 0 aliphatic heterocycles. The Bertz CT molecular complexity index is 1150. The number of pyridine rings is 2. The minimum absolute atomic E-state index is 0.0347. The molecule has 7 heteroatoms. The number of nitriles is 1. The molecule has 0 saturated carbocycles. The van der Waals surface area contributed by atoms with Crippen LogP contribution in [-0.2, 0) is 17.8 Å². The monoisotopic (exact) mass is 430 g/mol. The molecule has 3 aromatic rings. The van der Waals surface area contributed by atoms with Crippen molar-refractivity contribution >= 4 is 16.7 Å². The molecule has 1 aromatic carbocycles. The van der Waals surface area contributed by atoms with Crippen LogP contribution in [0.1, 0.15) is 23.7 Å². The molecule has 0 amide bonds. The number of hydrogen-bond donors (Lipinski definition) is 0. The van der Waals surface area contributed by atoms with E-state index in [-0.39, 0.29) is 18.8 Å². The molecule has 2 aromatic heterocycles. The van der Waals surface area contributed by atoms with E-state index < -0.39 is 0 Å². The predicted molar refractivity (Wildman–Crippen MR) is 123 cm³/mol. The van der Waals surface area contributed by atoms with Crippen molar-refractivity contribution in [3.05, 3.63) is 71.7 Å². The van der Waals surface area contributed by atoms with E-state index in [1.165, 1.54) is 6.20 Å². The summed E-state index contributed by atoms with van der Waals surface area (Å²) >= 11 is 0. The summed E-state index contributed by atoms with van der Waals surface area (Å²) in [6, 6.07) is 11.3. The predicted octanol–water partition coefficient (Wildman–Crippen LogP) is 3.71. The van der Waals surface area contributed by atoms with Gasteiger partial charge >= 0.3 is 0 Å². The number of nitrogens with zero attached hydrogens (tertiary/aromatic N) is 4. The largest absolute Gasteiger partial charge is 0.494 e. The van der Waals surface area contributed by atoms with E-state index in [0.29, 0.717) is 41.1 Å². The average molecular weight is 431 g/mol. The summed E-state index contributed by atoms with van der Waals surface area (Å²) in [5.74, 6) is 0.984. The van der Waals surface area contributed by atoms with Gasteiger partial charge in [0.15, 0.2) is 5.78 Å². The number of likely N-dealkylation sites (N-methyl/N-ethyl adjacent to an activating group) is 1. The fourth-order valence-corrected chi connectivity index (χ4v) is 3.17. The zero-order valence-electron chi connectivity index (χ0n) is 18.5. The second kappa shape index (κ2) is 11.0. The summed E-state index contributed by atoms with van der Waals surface area (Å²) in [6.07, 6.45) is 6.77. The Kier molecular flexibility index (Phi) is 7.90. The van der Waals surface area contributed by atoms with E-state index >= 15 is 0 Å². The zero-order chi connectivity index (χ0) is 22.9. The second-order valence-corrected chi connectivity index (χ2v) is 7.44. The Morgan fingerprint density at radius 2 is 2.06 bits per heavy atom. The van der Waals surface area contributed by atoms with Gasteiger partial charge in [0.25, 0.3) is 0 Å². The van der Waals surface area contributed by atoms with Crippen LogP contribution in [0.4, 0.5) is 0 Å². The van der Waals surface area contributed by atoms with Crippen LogP contribution < -0.4 is 9.47 Å². The molecule has 3 rings (SSSR count). The Balaban J connectivity index is 1.99. The number of carbonyl (C=O) groups is 1. The fraction of sp³-hybridized carbons (Fsp3) is 0.280. The standard InChI is InChI=1S/C25H26N4O3/c1-4-31-24-14-23-22(13-18(24)12-21(30)9-7-11-29(2)3)25(19(15-26)16-28-23)32-17-20-8-5-6-10-27-20/h5-10,13-14,16H,4,11-12,17H2,1-3H3/b9-7+. The van der Waals surface area contributed by atoms with Crippen molar-refractivity contribution in [2.24, 2.45) is 0 Å². The quantitative estimate of drug-likeness (QED) is 0.453. The van der Waals surface area contributed by atoms with E-state index in [4.69, 9.17) is 9.47 Å². The molecule has 7 nitrogen and oxygen atoms in total. The average Bonchev–Trinajstić information content (AvgIpc) is 2.78. The minimum Gasteiger partial charge on any atom is -0.494 e. The number of allylic oxidation sites excluding steroid dienone is 1. The Labute approximate surface area is 187 Å². The van der Waals surface area contributed by atoms with Gasteiger partial charge in [-0.05, 0) is 45.3 Å². The first-order chi connectivity index (χ1) is 15.5. The van der Waals surface area contributed by atoms with Gasteiger partial charge in [0, 0.05) is 42.4 Å². The zero-order valence-corrected chi connectivity index (χ0v) is 18.5. The molecule has 0 spiro atoms. The van der Waals surface area contributed by atoms with Crippen molar-refractivity contribution in [2.45, 2.75) is 20.0 Å². The third-order valence-corrected chi connectivity index (χ3v) is 4.65. The molecular formula is C25H26N4O3. The van der Waals surface area contributed by atoms with Gasteiger partial charge in [-0.25, -0.2) is 0 Å². The van der Waals surface area contributed by atoms with Crippen LogP contribution >= 0.6 is 0 Å². The maximum atomic E-state index is 12.5. The van der Waals surface area contributed by atoms with E-state index in [2.05, 4.69) is 16.0 Å².